The number of rotatable bonds is 2. The molecule has 0 bridgehead atoms. The summed E-state index contributed by atoms with van der Waals surface area (Å²) in [5.74, 6) is 0. The molecule has 0 amide bonds. The summed E-state index contributed by atoms with van der Waals surface area (Å²) in [4.78, 5) is 9.81. The summed E-state index contributed by atoms with van der Waals surface area (Å²) in [5, 5.41) is 1.26. The number of piperidine rings is 1. The van der Waals surface area contributed by atoms with E-state index in [1.165, 1.54) is 43.3 Å². The Kier molecular flexibility index (Phi) is 4.29. The highest BCUT2D eigenvalue weighted by Crippen LogP contribution is 2.32. The van der Waals surface area contributed by atoms with Gasteiger partial charge in [-0.15, -0.1) is 0 Å². The normalized spacial score (nSPS) is 23.7. The molecular weight excluding hydrogens is 350 g/mol. The molecule has 3 heterocycles. The van der Waals surface area contributed by atoms with Gasteiger partial charge in [0.25, 0.3) is 0 Å². The van der Waals surface area contributed by atoms with Crippen molar-refractivity contribution in [2.24, 2.45) is 0 Å². The Hall–Kier alpha value is -1.13. The smallest absolute Gasteiger partial charge is 0.0723 e. The molecule has 0 radical (unpaired) electrons. The fourth-order valence-electron chi connectivity index (χ4n) is 4.32. The Labute approximate surface area is 146 Å². The highest BCUT2D eigenvalue weighted by atomic mass is 79.9. The Morgan fingerprint density at radius 1 is 1.09 bits per heavy atom. The van der Waals surface area contributed by atoms with Crippen LogP contribution in [-0.4, -0.2) is 41.6 Å². The Morgan fingerprint density at radius 2 is 1.91 bits per heavy atom. The molecule has 2 aromatic rings. The van der Waals surface area contributed by atoms with E-state index < -0.39 is 0 Å². The van der Waals surface area contributed by atoms with Gasteiger partial charge in [0.15, 0.2) is 0 Å². The summed E-state index contributed by atoms with van der Waals surface area (Å²) in [7, 11) is 0. The summed E-state index contributed by atoms with van der Waals surface area (Å²) in [6.45, 7) is 6.00. The van der Waals surface area contributed by atoms with Crippen LogP contribution in [0.2, 0.25) is 0 Å². The standard InChI is InChI=1S/C19H24BrN3/c1-14-3-2-10-23(14)16-7-11-22(12-8-16)19-6-9-21-18-5-4-15(20)13-17(18)19/h4-6,9,13-14,16H,2-3,7-8,10-12H2,1H3. The number of hydrogen-bond donors (Lipinski definition) is 0. The van der Waals surface area contributed by atoms with E-state index in [2.05, 4.69) is 61.9 Å². The predicted octanol–water partition coefficient (Wildman–Crippen LogP) is 4.45. The lowest BCUT2D eigenvalue weighted by Gasteiger charge is -2.39. The molecule has 2 aliphatic rings. The van der Waals surface area contributed by atoms with Crippen LogP contribution in [-0.2, 0) is 0 Å². The van der Waals surface area contributed by atoms with Crippen LogP contribution in [0.5, 0.6) is 0 Å². The maximum atomic E-state index is 4.51. The lowest BCUT2D eigenvalue weighted by atomic mass is 10.0. The first-order chi connectivity index (χ1) is 11.2. The van der Waals surface area contributed by atoms with Crippen LogP contribution in [0.4, 0.5) is 5.69 Å². The summed E-state index contributed by atoms with van der Waals surface area (Å²) >= 11 is 3.60. The second-order valence-corrected chi connectivity index (χ2v) is 7.85. The fraction of sp³-hybridized carbons (Fsp3) is 0.526. The molecule has 1 unspecified atom stereocenters. The van der Waals surface area contributed by atoms with Crippen LogP contribution in [0, 0.1) is 0 Å². The van der Waals surface area contributed by atoms with E-state index in [1.807, 2.05) is 6.20 Å². The molecule has 4 rings (SSSR count). The minimum absolute atomic E-state index is 0.781. The van der Waals surface area contributed by atoms with Gasteiger partial charge in [0, 0.05) is 46.9 Å². The van der Waals surface area contributed by atoms with E-state index in [-0.39, 0.29) is 0 Å². The zero-order chi connectivity index (χ0) is 15.8. The summed E-state index contributed by atoms with van der Waals surface area (Å²) < 4.78 is 1.13. The summed E-state index contributed by atoms with van der Waals surface area (Å²) in [6.07, 6.45) is 7.26. The third-order valence-corrected chi connectivity index (χ3v) is 6.05. The van der Waals surface area contributed by atoms with Gasteiger partial charge in [-0.2, -0.15) is 0 Å². The molecule has 2 saturated heterocycles. The zero-order valence-electron chi connectivity index (χ0n) is 13.7. The SMILES string of the molecule is CC1CCCN1C1CCN(c2ccnc3ccc(Br)cc23)CC1. The maximum absolute atomic E-state index is 4.51. The van der Waals surface area contributed by atoms with Crippen LogP contribution in [0.3, 0.4) is 0 Å². The van der Waals surface area contributed by atoms with Crippen molar-refractivity contribution in [1.29, 1.82) is 0 Å². The van der Waals surface area contributed by atoms with Gasteiger partial charge >= 0.3 is 0 Å². The zero-order valence-corrected chi connectivity index (χ0v) is 15.3. The van der Waals surface area contributed by atoms with Crippen molar-refractivity contribution in [3.63, 3.8) is 0 Å². The molecule has 0 saturated carbocycles. The van der Waals surface area contributed by atoms with Crippen LogP contribution < -0.4 is 4.90 Å². The molecule has 1 aromatic carbocycles. The number of halogens is 1. The van der Waals surface area contributed by atoms with Crippen LogP contribution in [0.15, 0.2) is 34.9 Å². The quantitative estimate of drug-likeness (QED) is 0.774. The summed E-state index contributed by atoms with van der Waals surface area (Å²) in [6, 6.07) is 10.1. The second-order valence-electron chi connectivity index (χ2n) is 6.94. The highest BCUT2D eigenvalue weighted by molar-refractivity contribution is 9.10. The Bertz CT molecular complexity index is 694. The monoisotopic (exact) mass is 373 g/mol. The number of fused-ring (bicyclic) bond motifs is 1. The maximum Gasteiger partial charge on any atom is 0.0723 e. The topological polar surface area (TPSA) is 19.4 Å². The van der Waals surface area contributed by atoms with Gasteiger partial charge in [0.2, 0.25) is 0 Å². The second kappa shape index (κ2) is 6.40. The molecule has 0 aliphatic carbocycles. The minimum atomic E-state index is 0.781. The molecule has 0 spiro atoms. The van der Waals surface area contributed by atoms with Crippen molar-refractivity contribution in [3.8, 4) is 0 Å². The minimum Gasteiger partial charge on any atom is -0.371 e. The molecule has 23 heavy (non-hydrogen) atoms. The number of nitrogens with zero attached hydrogens (tertiary/aromatic N) is 3. The van der Waals surface area contributed by atoms with Gasteiger partial charge in [0.05, 0.1) is 5.52 Å². The van der Waals surface area contributed by atoms with Crippen molar-refractivity contribution in [2.75, 3.05) is 24.5 Å². The third-order valence-electron chi connectivity index (χ3n) is 5.56. The van der Waals surface area contributed by atoms with Gasteiger partial charge in [-0.05, 0) is 63.4 Å². The Morgan fingerprint density at radius 3 is 2.65 bits per heavy atom. The molecule has 2 fully saturated rings. The fourth-order valence-corrected chi connectivity index (χ4v) is 4.68. The van der Waals surface area contributed by atoms with Crippen molar-refractivity contribution in [1.82, 2.24) is 9.88 Å². The van der Waals surface area contributed by atoms with E-state index in [9.17, 15) is 0 Å². The van der Waals surface area contributed by atoms with Gasteiger partial charge in [0.1, 0.15) is 0 Å². The molecule has 1 atom stereocenters. The first-order valence-electron chi connectivity index (χ1n) is 8.77. The average Bonchev–Trinajstić information content (AvgIpc) is 3.00. The van der Waals surface area contributed by atoms with Gasteiger partial charge in [-0.1, -0.05) is 15.9 Å². The van der Waals surface area contributed by atoms with Crippen molar-refractivity contribution < 1.29 is 0 Å². The molecule has 4 heteroatoms. The average molecular weight is 374 g/mol. The Balaban J connectivity index is 1.53. The van der Waals surface area contributed by atoms with E-state index in [4.69, 9.17) is 0 Å². The van der Waals surface area contributed by atoms with E-state index in [0.29, 0.717) is 0 Å². The molecule has 122 valence electrons. The van der Waals surface area contributed by atoms with Crippen LogP contribution in [0.1, 0.15) is 32.6 Å². The number of hydrogen-bond acceptors (Lipinski definition) is 3. The predicted molar refractivity (Wildman–Crippen MR) is 100 cm³/mol. The van der Waals surface area contributed by atoms with Gasteiger partial charge < -0.3 is 4.90 Å². The van der Waals surface area contributed by atoms with E-state index in [0.717, 1.165) is 35.2 Å². The summed E-state index contributed by atoms with van der Waals surface area (Å²) in [5.41, 5.74) is 2.42. The van der Waals surface area contributed by atoms with Crippen molar-refractivity contribution in [2.45, 2.75) is 44.7 Å². The van der Waals surface area contributed by atoms with Gasteiger partial charge in [-0.25, -0.2) is 0 Å². The molecule has 0 N–H and O–H groups in total. The number of pyridine rings is 1. The largest absolute Gasteiger partial charge is 0.371 e. The number of anilines is 1. The van der Waals surface area contributed by atoms with E-state index >= 15 is 0 Å². The van der Waals surface area contributed by atoms with Crippen molar-refractivity contribution in [3.05, 3.63) is 34.9 Å². The van der Waals surface area contributed by atoms with Crippen molar-refractivity contribution >= 4 is 32.5 Å². The number of likely N-dealkylation sites (tertiary alicyclic amines) is 1. The first kappa shape index (κ1) is 15.4. The number of benzene rings is 1. The number of aromatic nitrogens is 1. The molecule has 2 aliphatic heterocycles. The van der Waals surface area contributed by atoms with Crippen LogP contribution >= 0.6 is 15.9 Å². The van der Waals surface area contributed by atoms with E-state index in [1.54, 1.807) is 0 Å². The molecular formula is C19H24BrN3. The molecule has 3 nitrogen and oxygen atoms in total. The highest BCUT2D eigenvalue weighted by Gasteiger charge is 2.30. The molecule has 1 aromatic heterocycles. The first-order valence-corrected chi connectivity index (χ1v) is 9.56. The lowest BCUT2D eigenvalue weighted by molar-refractivity contribution is 0.163. The van der Waals surface area contributed by atoms with Crippen LogP contribution in [0.25, 0.3) is 10.9 Å². The van der Waals surface area contributed by atoms with Gasteiger partial charge in [-0.3, -0.25) is 9.88 Å². The third kappa shape index (κ3) is 2.99. The lowest BCUT2D eigenvalue weighted by Crippen LogP contribution is -2.46.